The molecule has 0 saturated heterocycles. The molecule has 0 aromatic carbocycles. The predicted octanol–water partition coefficient (Wildman–Crippen LogP) is -2.59. The third kappa shape index (κ3) is 19.4. The van der Waals surface area contributed by atoms with Crippen molar-refractivity contribution in [1.29, 1.82) is 0 Å². The summed E-state index contributed by atoms with van der Waals surface area (Å²) in [6.45, 7) is 0. The van der Waals surface area contributed by atoms with Gasteiger partial charge in [0.1, 0.15) is 0 Å². The largest absolute Gasteiger partial charge is 2.00 e. The van der Waals surface area contributed by atoms with Crippen molar-refractivity contribution in [1.82, 2.24) is 0 Å². The summed E-state index contributed by atoms with van der Waals surface area (Å²) in [5.74, 6) is 0. The van der Waals surface area contributed by atoms with Gasteiger partial charge in [0, 0.05) is 18.6 Å². The maximum atomic E-state index is 8.48. The topological polar surface area (TPSA) is 73.8 Å². The van der Waals surface area contributed by atoms with Crippen molar-refractivity contribution < 1.29 is 63.7 Å². The molecule has 0 N–H and O–H groups in total. The van der Waals surface area contributed by atoms with E-state index in [2.05, 4.69) is 15.1 Å². The monoisotopic (exact) mass is 195 g/mol. The van der Waals surface area contributed by atoms with Gasteiger partial charge in [-0.25, -0.2) is 0 Å². The number of hydrogen-bond acceptors (Lipinski definition) is 5. The van der Waals surface area contributed by atoms with Crippen LogP contribution in [0.5, 0.6) is 0 Å². The van der Waals surface area contributed by atoms with Crippen LogP contribution < -0.4 is 10.5 Å². The van der Waals surface area contributed by atoms with Gasteiger partial charge < -0.3 is 10.5 Å². The molecular formula is O5VZn. The van der Waals surface area contributed by atoms with Gasteiger partial charge in [-0.05, 0) is 0 Å². The van der Waals surface area contributed by atoms with Gasteiger partial charge in [0.15, 0.2) is 0 Å². The summed E-state index contributed by atoms with van der Waals surface area (Å²) < 4.78 is 0. The number of rotatable bonds is 2. The zero-order valence-electron chi connectivity index (χ0n) is 3.20. The standard InChI is InChI=1S/H2O5.V.Zn/c1-3-5-4-2;;/h1-2H;;/q;;+2/p-2. The first-order valence-corrected chi connectivity index (χ1v) is 0.667. The maximum absolute atomic E-state index is 8.48. The fourth-order valence-electron chi connectivity index (χ4n) is 0.0113. The van der Waals surface area contributed by atoms with Crippen LogP contribution in [0.3, 0.4) is 0 Å². The van der Waals surface area contributed by atoms with Crippen molar-refractivity contribution in [2.24, 2.45) is 0 Å². The van der Waals surface area contributed by atoms with Crippen molar-refractivity contribution in [3.05, 3.63) is 0 Å². The summed E-state index contributed by atoms with van der Waals surface area (Å²) in [5, 5.41) is 24.5. The Labute approximate surface area is 63.9 Å². The Morgan fingerprint density at radius 1 is 1.00 bits per heavy atom. The van der Waals surface area contributed by atoms with E-state index in [9.17, 15) is 0 Å². The first kappa shape index (κ1) is 15.7. The molecule has 37 valence electrons. The summed E-state index contributed by atoms with van der Waals surface area (Å²) in [6, 6.07) is 0. The molecule has 0 rings (SSSR count). The fourth-order valence-corrected chi connectivity index (χ4v) is 0.0113. The van der Waals surface area contributed by atoms with E-state index in [1.807, 2.05) is 0 Å². The van der Waals surface area contributed by atoms with Gasteiger partial charge in [0.05, 0.1) is 0 Å². The third-order valence-corrected chi connectivity index (χ3v) is 0.0556. The van der Waals surface area contributed by atoms with Gasteiger partial charge in [0.25, 0.3) is 0 Å². The molecule has 0 bridgehead atoms. The van der Waals surface area contributed by atoms with E-state index >= 15 is 0 Å². The van der Waals surface area contributed by atoms with Crippen LogP contribution in [0.25, 0.3) is 0 Å². The smallest absolute Gasteiger partial charge is 0.690 e. The minimum atomic E-state index is 0. The molecule has 1 radical (unpaired) electrons. The van der Waals surface area contributed by atoms with E-state index in [-0.39, 0.29) is 38.0 Å². The summed E-state index contributed by atoms with van der Waals surface area (Å²) in [5.41, 5.74) is 0. The zero-order chi connectivity index (χ0) is 4.12. The molecule has 0 unspecified atom stereocenters. The SMILES string of the molecule is [O-]OOO[O-].[V].[Zn+2]. The van der Waals surface area contributed by atoms with Crippen LogP contribution in [0, 0.1) is 0 Å². The molecule has 0 aliphatic heterocycles. The Hall–Kier alpha value is 1.01. The van der Waals surface area contributed by atoms with Gasteiger partial charge in [-0.2, -0.15) is 0 Å². The molecule has 0 aliphatic rings. The Kier molecular flexibility index (Phi) is 35.3. The molecule has 0 heterocycles. The van der Waals surface area contributed by atoms with Crippen LogP contribution in [-0.2, 0) is 53.1 Å². The molecule has 0 aliphatic carbocycles. The van der Waals surface area contributed by atoms with Crippen LogP contribution in [0.2, 0.25) is 0 Å². The second-order valence-corrected chi connectivity index (χ2v) is 0.204. The van der Waals surface area contributed by atoms with Crippen molar-refractivity contribution in [3.8, 4) is 0 Å². The second kappa shape index (κ2) is 15.7. The van der Waals surface area contributed by atoms with Gasteiger partial charge in [-0.15, -0.1) is 0 Å². The van der Waals surface area contributed by atoms with E-state index < -0.39 is 0 Å². The van der Waals surface area contributed by atoms with Gasteiger partial charge in [-0.1, -0.05) is 5.04 Å². The van der Waals surface area contributed by atoms with Crippen molar-refractivity contribution in [2.75, 3.05) is 0 Å². The summed E-state index contributed by atoms with van der Waals surface area (Å²) in [6.07, 6.45) is 0. The molecule has 0 spiro atoms. The van der Waals surface area contributed by atoms with Crippen LogP contribution in [0.15, 0.2) is 0 Å². The number of hydrogen-bond donors (Lipinski definition) is 0. The Morgan fingerprint density at radius 2 is 1.29 bits per heavy atom. The van der Waals surface area contributed by atoms with Crippen molar-refractivity contribution in [3.63, 3.8) is 0 Å². The molecule has 5 nitrogen and oxygen atoms in total. The van der Waals surface area contributed by atoms with Crippen LogP contribution in [-0.4, -0.2) is 0 Å². The van der Waals surface area contributed by atoms with Crippen LogP contribution in [0.4, 0.5) is 0 Å². The summed E-state index contributed by atoms with van der Waals surface area (Å²) in [4.78, 5) is 0. The Balaban J connectivity index is -0.0000000800. The molecular weight excluding hydrogens is 196 g/mol. The van der Waals surface area contributed by atoms with Gasteiger partial charge in [-0.3, -0.25) is 10.1 Å². The van der Waals surface area contributed by atoms with Gasteiger partial charge in [0.2, 0.25) is 0 Å². The predicted molar refractivity (Wildman–Crippen MR) is 3.25 cm³/mol. The van der Waals surface area contributed by atoms with Crippen molar-refractivity contribution >= 4 is 0 Å². The Bertz CT molecular complexity index is 15.6. The van der Waals surface area contributed by atoms with Crippen molar-refractivity contribution in [2.45, 2.75) is 0 Å². The van der Waals surface area contributed by atoms with E-state index in [0.717, 1.165) is 0 Å². The molecule has 0 amide bonds. The summed E-state index contributed by atoms with van der Waals surface area (Å²) >= 11 is 0. The average Bonchev–Trinajstić information content (AvgIpc) is 1.41. The molecule has 0 aromatic heterocycles. The van der Waals surface area contributed by atoms with E-state index in [1.54, 1.807) is 0 Å². The van der Waals surface area contributed by atoms with E-state index in [4.69, 9.17) is 10.5 Å². The van der Waals surface area contributed by atoms with Crippen LogP contribution >= 0.6 is 0 Å². The molecule has 7 heteroatoms. The fraction of sp³-hybridized carbons (Fsp3) is 0. The first-order valence-electron chi connectivity index (χ1n) is 0.667. The molecule has 7 heavy (non-hydrogen) atoms. The zero-order valence-corrected chi connectivity index (χ0v) is 7.56. The quantitative estimate of drug-likeness (QED) is 0.275. The Morgan fingerprint density at radius 3 is 1.29 bits per heavy atom. The normalized spacial score (nSPS) is 6.00. The first-order chi connectivity index (χ1) is 2.41. The molecule has 0 atom stereocenters. The maximum Gasteiger partial charge on any atom is 2.00 e. The molecule has 0 aromatic rings. The minimum Gasteiger partial charge on any atom is -0.690 e. The third-order valence-electron chi connectivity index (χ3n) is 0.0556. The summed E-state index contributed by atoms with van der Waals surface area (Å²) in [7, 11) is 0. The minimum absolute atomic E-state index is 0. The van der Waals surface area contributed by atoms with Gasteiger partial charge >= 0.3 is 19.5 Å². The molecule has 0 saturated carbocycles. The van der Waals surface area contributed by atoms with Crippen LogP contribution in [0.1, 0.15) is 0 Å². The van der Waals surface area contributed by atoms with E-state index in [1.165, 1.54) is 0 Å². The second-order valence-electron chi connectivity index (χ2n) is 0.204. The van der Waals surface area contributed by atoms with E-state index in [0.29, 0.717) is 0 Å². The average molecular weight is 196 g/mol. The molecule has 0 fully saturated rings.